The Labute approximate surface area is 157 Å². The molecular formula is C16H13N5O5S. The monoisotopic (exact) mass is 387 g/mol. The highest BCUT2D eigenvalue weighted by Gasteiger charge is 2.11. The van der Waals surface area contributed by atoms with Crippen molar-refractivity contribution < 1.29 is 18.9 Å². The molecule has 138 valence electrons. The van der Waals surface area contributed by atoms with Crippen LogP contribution >= 0.6 is 11.8 Å². The van der Waals surface area contributed by atoms with E-state index in [1.165, 1.54) is 48.4 Å². The number of thioether (sulfide) groups is 1. The second-order valence-electron chi connectivity index (χ2n) is 4.99. The third kappa shape index (κ3) is 4.73. The highest BCUT2D eigenvalue weighted by molar-refractivity contribution is 7.98. The van der Waals surface area contributed by atoms with E-state index >= 15 is 0 Å². The van der Waals surface area contributed by atoms with E-state index in [-0.39, 0.29) is 17.5 Å². The highest BCUT2D eigenvalue weighted by atomic mass is 32.2. The molecule has 0 saturated heterocycles. The fourth-order valence-corrected chi connectivity index (χ4v) is 2.35. The van der Waals surface area contributed by atoms with E-state index < -0.39 is 10.8 Å². The minimum atomic E-state index is -0.502. The fourth-order valence-electron chi connectivity index (χ4n) is 1.95. The largest absolute Gasteiger partial charge is 0.459 e. The van der Waals surface area contributed by atoms with Gasteiger partial charge in [0.25, 0.3) is 5.69 Å². The van der Waals surface area contributed by atoms with Crippen LogP contribution < -0.4 is 15.6 Å². The van der Waals surface area contributed by atoms with E-state index in [1.807, 2.05) is 6.26 Å². The second-order valence-corrected chi connectivity index (χ2v) is 5.81. The van der Waals surface area contributed by atoms with Crippen LogP contribution in [-0.2, 0) is 0 Å². The van der Waals surface area contributed by atoms with Gasteiger partial charge in [-0.2, -0.15) is 9.97 Å². The van der Waals surface area contributed by atoms with Crippen LogP contribution in [0.25, 0.3) is 0 Å². The average Bonchev–Trinajstić information content (AvgIpc) is 3.21. The molecule has 10 nitrogen and oxygen atoms in total. The lowest BCUT2D eigenvalue weighted by Crippen LogP contribution is -2.29. The van der Waals surface area contributed by atoms with Crippen LogP contribution in [-0.4, -0.2) is 27.1 Å². The van der Waals surface area contributed by atoms with Gasteiger partial charge >= 0.3 is 11.9 Å². The fraction of sp³-hybridized carbons (Fsp3) is 0.0625. The van der Waals surface area contributed by atoms with E-state index in [2.05, 4.69) is 20.8 Å². The molecule has 0 fully saturated rings. The third-order valence-electron chi connectivity index (χ3n) is 3.20. The summed E-state index contributed by atoms with van der Waals surface area (Å²) in [5.74, 6) is 0.307. The summed E-state index contributed by atoms with van der Waals surface area (Å²) in [6.45, 7) is 0. The molecule has 0 radical (unpaired) electrons. The molecule has 0 aliphatic rings. The van der Waals surface area contributed by atoms with Gasteiger partial charge in [0.05, 0.1) is 11.2 Å². The van der Waals surface area contributed by atoms with E-state index in [9.17, 15) is 14.9 Å². The van der Waals surface area contributed by atoms with Crippen LogP contribution in [0.15, 0.2) is 58.2 Å². The van der Waals surface area contributed by atoms with Crippen molar-refractivity contribution in [3.63, 3.8) is 0 Å². The minimum Gasteiger partial charge on any atom is -0.459 e. The summed E-state index contributed by atoms with van der Waals surface area (Å²) in [4.78, 5) is 30.4. The summed E-state index contributed by atoms with van der Waals surface area (Å²) in [5, 5.41) is 11.3. The highest BCUT2D eigenvalue weighted by Crippen LogP contribution is 2.24. The van der Waals surface area contributed by atoms with Crippen molar-refractivity contribution in [2.45, 2.75) is 5.03 Å². The van der Waals surface area contributed by atoms with Crippen LogP contribution in [0.4, 0.5) is 11.5 Å². The number of nitro benzene ring substituents is 1. The molecule has 11 heteroatoms. The lowest BCUT2D eigenvalue weighted by Gasteiger charge is -2.10. The van der Waals surface area contributed by atoms with Gasteiger partial charge in [-0.05, 0) is 30.5 Å². The number of aromatic nitrogens is 2. The molecule has 0 saturated carbocycles. The van der Waals surface area contributed by atoms with Crippen molar-refractivity contribution in [1.82, 2.24) is 15.4 Å². The van der Waals surface area contributed by atoms with Gasteiger partial charge in [0, 0.05) is 18.2 Å². The lowest BCUT2D eigenvalue weighted by atomic mass is 10.3. The number of hydrogen-bond donors (Lipinski definition) is 2. The number of amides is 1. The number of anilines is 1. The van der Waals surface area contributed by atoms with Gasteiger partial charge in [-0.3, -0.25) is 25.8 Å². The summed E-state index contributed by atoms with van der Waals surface area (Å²) in [6.07, 6.45) is 3.21. The summed E-state index contributed by atoms with van der Waals surface area (Å²) >= 11 is 1.35. The predicted octanol–water partition coefficient (Wildman–Crippen LogP) is 3.25. The molecule has 0 unspecified atom stereocenters. The topological polar surface area (TPSA) is 132 Å². The summed E-state index contributed by atoms with van der Waals surface area (Å²) in [7, 11) is 0. The molecule has 27 heavy (non-hydrogen) atoms. The van der Waals surface area contributed by atoms with Gasteiger partial charge in [0.2, 0.25) is 0 Å². The summed E-state index contributed by atoms with van der Waals surface area (Å²) in [5.41, 5.74) is 5.06. The van der Waals surface area contributed by atoms with E-state index in [1.54, 1.807) is 12.1 Å². The number of carbonyl (C=O) groups is 1. The first-order valence-corrected chi connectivity index (χ1v) is 8.73. The van der Waals surface area contributed by atoms with Gasteiger partial charge in [0.1, 0.15) is 10.8 Å². The Kier molecular flexibility index (Phi) is 5.52. The van der Waals surface area contributed by atoms with Crippen molar-refractivity contribution in [2.24, 2.45) is 0 Å². The number of hydrogen-bond acceptors (Lipinski definition) is 9. The van der Waals surface area contributed by atoms with Crippen LogP contribution in [0.2, 0.25) is 0 Å². The van der Waals surface area contributed by atoms with E-state index in [0.29, 0.717) is 16.6 Å². The molecule has 2 N–H and O–H groups in total. The Morgan fingerprint density at radius 1 is 1.26 bits per heavy atom. The van der Waals surface area contributed by atoms with E-state index in [0.717, 1.165) is 0 Å². The van der Waals surface area contributed by atoms with Gasteiger partial charge < -0.3 is 9.15 Å². The Balaban J connectivity index is 1.72. The van der Waals surface area contributed by atoms with Crippen molar-refractivity contribution in [1.29, 1.82) is 0 Å². The van der Waals surface area contributed by atoms with Gasteiger partial charge in [-0.15, -0.1) is 11.8 Å². The van der Waals surface area contributed by atoms with Crippen molar-refractivity contribution in [3.8, 4) is 11.8 Å². The number of nitrogens with zero attached hydrogens (tertiary/aromatic N) is 3. The smallest absolute Gasteiger partial charge is 0.325 e. The van der Waals surface area contributed by atoms with Crippen molar-refractivity contribution in [2.75, 3.05) is 11.7 Å². The zero-order valence-corrected chi connectivity index (χ0v) is 14.7. The molecule has 3 aromatic rings. The SMILES string of the molecule is CSc1cc(NNC(=O)c2ccco2)nc(Oc2ccc([N+](=O)[O-])cc2)n1. The Hall–Kier alpha value is -3.60. The molecule has 0 aliphatic heterocycles. The number of hydrazine groups is 1. The summed E-state index contributed by atoms with van der Waals surface area (Å²) < 4.78 is 10.5. The zero-order chi connectivity index (χ0) is 19.2. The van der Waals surface area contributed by atoms with Crippen LogP contribution in [0.3, 0.4) is 0 Å². The maximum Gasteiger partial charge on any atom is 0.325 e. The molecule has 2 aromatic heterocycles. The second kappa shape index (κ2) is 8.19. The van der Waals surface area contributed by atoms with Crippen LogP contribution in [0.5, 0.6) is 11.8 Å². The molecule has 0 aliphatic carbocycles. The molecular weight excluding hydrogens is 374 g/mol. The normalized spacial score (nSPS) is 10.3. The van der Waals surface area contributed by atoms with Crippen molar-refractivity contribution in [3.05, 3.63) is 64.6 Å². The number of furan rings is 1. The predicted molar refractivity (Wildman–Crippen MR) is 96.8 cm³/mol. The van der Waals surface area contributed by atoms with Crippen molar-refractivity contribution >= 4 is 29.2 Å². The Morgan fingerprint density at radius 3 is 2.67 bits per heavy atom. The maximum absolute atomic E-state index is 11.9. The van der Waals surface area contributed by atoms with Gasteiger partial charge in [0.15, 0.2) is 11.6 Å². The Bertz CT molecular complexity index is 946. The molecule has 1 amide bonds. The standard InChI is InChI=1S/C16H13N5O5S/c1-27-14-9-13(19-20-15(22)12-3-2-8-25-12)17-16(18-14)26-11-6-4-10(5-7-11)21(23)24/h2-9H,1H3,(H,20,22)(H,17,18,19). The number of nitrogens with one attached hydrogen (secondary N) is 2. The average molecular weight is 387 g/mol. The molecule has 0 bridgehead atoms. The number of carbonyl (C=O) groups excluding carboxylic acids is 1. The molecule has 3 rings (SSSR count). The summed E-state index contributed by atoms with van der Waals surface area (Å²) in [6, 6.07) is 10.3. The van der Waals surface area contributed by atoms with E-state index in [4.69, 9.17) is 9.15 Å². The first-order chi connectivity index (χ1) is 13.0. The number of benzene rings is 1. The number of ether oxygens (including phenoxy) is 1. The Morgan fingerprint density at radius 2 is 2.04 bits per heavy atom. The molecule has 0 atom stereocenters. The number of rotatable bonds is 7. The number of nitro groups is 1. The molecule has 1 aromatic carbocycles. The quantitative estimate of drug-likeness (QED) is 0.271. The zero-order valence-electron chi connectivity index (χ0n) is 13.9. The lowest BCUT2D eigenvalue weighted by molar-refractivity contribution is -0.384. The molecule has 2 heterocycles. The third-order valence-corrected chi connectivity index (χ3v) is 3.82. The molecule has 0 spiro atoms. The maximum atomic E-state index is 11.9. The first kappa shape index (κ1) is 18.2. The minimum absolute atomic E-state index is 0.0189. The van der Waals surface area contributed by atoms with Gasteiger partial charge in [-0.25, -0.2) is 0 Å². The number of non-ortho nitro benzene ring substituents is 1. The van der Waals surface area contributed by atoms with Crippen LogP contribution in [0.1, 0.15) is 10.6 Å². The first-order valence-electron chi connectivity index (χ1n) is 7.50. The van der Waals surface area contributed by atoms with Crippen LogP contribution in [0, 0.1) is 10.1 Å². The van der Waals surface area contributed by atoms with Gasteiger partial charge in [-0.1, -0.05) is 0 Å².